The van der Waals surface area contributed by atoms with Crippen molar-refractivity contribution in [2.45, 2.75) is 123 Å². The van der Waals surface area contributed by atoms with Gasteiger partial charge in [-0.05, 0) is 93.5 Å². The number of Topliss-reactive ketones (excluding diaryl/α,β-unsaturated/α-hetero) is 3. The van der Waals surface area contributed by atoms with E-state index in [4.69, 9.17) is 0 Å². The van der Waals surface area contributed by atoms with E-state index in [9.17, 15) is 19.2 Å². The van der Waals surface area contributed by atoms with Crippen LogP contribution < -0.4 is 0 Å². The van der Waals surface area contributed by atoms with Crippen LogP contribution >= 0.6 is 0 Å². The van der Waals surface area contributed by atoms with Gasteiger partial charge in [-0.25, -0.2) is 0 Å². The van der Waals surface area contributed by atoms with Gasteiger partial charge in [-0.1, -0.05) is 60.3 Å². The first-order valence-corrected chi connectivity index (χ1v) is 16.2. The number of carbonyl (C=O) groups is 4. The number of ketones is 4. The number of hydrogen-bond donors (Lipinski definition) is 0. The first-order chi connectivity index (χ1) is 19.4. The predicted molar refractivity (Wildman–Crippen MR) is 159 cm³/mol. The van der Waals surface area contributed by atoms with Crippen LogP contribution in [0, 0.1) is 29.6 Å². The van der Waals surface area contributed by atoms with Crippen molar-refractivity contribution in [3.05, 3.63) is 46.1 Å². The maximum Gasteiger partial charge on any atom is 0.155 e. The van der Waals surface area contributed by atoms with Crippen molar-refractivity contribution in [2.24, 2.45) is 29.6 Å². The van der Waals surface area contributed by atoms with Crippen molar-refractivity contribution in [2.75, 3.05) is 0 Å². The molecule has 40 heavy (non-hydrogen) atoms. The molecule has 216 valence electrons. The molecular weight excluding hydrogens is 496 g/mol. The van der Waals surface area contributed by atoms with Crippen molar-refractivity contribution >= 4 is 23.1 Å². The zero-order valence-corrected chi connectivity index (χ0v) is 24.8. The Morgan fingerprint density at radius 2 is 1.20 bits per heavy atom. The number of rotatable bonds is 4. The summed E-state index contributed by atoms with van der Waals surface area (Å²) in [4.78, 5) is 46.1. The Balaban J connectivity index is 0.000000161. The summed E-state index contributed by atoms with van der Waals surface area (Å²) in [7, 11) is 0. The van der Waals surface area contributed by atoms with Gasteiger partial charge in [-0.2, -0.15) is 0 Å². The van der Waals surface area contributed by atoms with E-state index in [1.807, 2.05) is 6.08 Å². The second kappa shape index (κ2) is 13.1. The lowest BCUT2D eigenvalue weighted by atomic mass is 9.62. The molecule has 0 aliphatic heterocycles. The first-order valence-electron chi connectivity index (χ1n) is 16.2. The lowest BCUT2D eigenvalue weighted by Crippen LogP contribution is -2.34. The fourth-order valence-corrected chi connectivity index (χ4v) is 8.94. The third-order valence-electron chi connectivity index (χ3n) is 11.0. The fraction of sp³-hybridized carbons (Fsp3) is 0.667. The smallest absolute Gasteiger partial charge is 0.155 e. The molecule has 0 N–H and O–H groups in total. The molecule has 0 aromatic rings. The molecule has 6 aliphatic rings. The van der Waals surface area contributed by atoms with Gasteiger partial charge in [0.2, 0.25) is 0 Å². The van der Waals surface area contributed by atoms with E-state index in [2.05, 4.69) is 26.0 Å². The summed E-state index contributed by atoms with van der Waals surface area (Å²) >= 11 is 0. The second-order valence-electron chi connectivity index (χ2n) is 13.1. The molecule has 5 unspecified atom stereocenters. The Morgan fingerprint density at radius 1 is 0.600 bits per heavy atom. The zero-order chi connectivity index (χ0) is 28.2. The molecule has 0 spiro atoms. The second-order valence-corrected chi connectivity index (χ2v) is 13.1. The Labute approximate surface area is 240 Å². The molecule has 0 heterocycles. The average Bonchev–Trinajstić information content (AvgIpc) is 2.97. The minimum absolute atomic E-state index is 0.326. The highest BCUT2D eigenvalue weighted by Crippen LogP contribution is 2.49. The van der Waals surface area contributed by atoms with Gasteiger partial charge in [-0.3, -0.25) is 19.2 Å². The fourth-order valence-electron chi connectivity index (χ4n) is 8.94. The quantitative estimate of drug-likeness (QED) is 0.335. The lowest BCUT2D eigenvalue weighted by Gasteiger charge is -2.43. The maximum atomic E-state index is 11.6. The molecule has 0 radical (unpaired) electrons. The van der Waals surface area contributed by atoms with E-state index in [-0.39, 0.29) is 0 Å². The summed E-state index contributed by atoms with van der Waals surface area (Å²) in [5.41, 5.74) is 7.53. The van der Waals surface area contributed by atoms with Crippen LogP contribution in [0.3, 0.4) is 0 Å². The Bertz CT molecular complexity index is 1160. The topological polar surface area (TPSA) is 68.3 Å². The van der Waals surface area contributed by atoms with Gasteiger partial charge in [0.1, 0.15) is 17.3 Å². The third kappa shape index (κ3) is 6.42. The number of hydrogen-bond acceptors (Lipinski definition) is 4. The van der Waals surface area contributed by atoms with Crippen molar-refractivity contribution < 1.29 is 19.2 Å². The number of fused-ring (bicyclic) bond motifs is 1. The van der Waals surface area contributed by atoms with Crippen molar-refractivity contribution in [3.63, 3.8) is 0 Å². The van der Waals surface area contributed by atoms with E-state index in [1.165, 1.54) is 48.0 Å². The number of carbonyl (C=O) groups excluding carboxylic acids is 4. The van der Waals surface area contributed by atoms with Crippen LogP contribution in [0.1, 0.15) is 123 Å². The predicted octanol–water partition coefficient (Wildman–Crippen LogP) is 8.16. The molecule has 6 rings (SSSR count). The van der Waals surface area contributed by atoms with Crippen molar-refractivity contribution in [1.29, 1.82) is 0 Å². The van der Waals surface area contributed by atoms with E-state index in [1.54, 1.807) is 5.57 Å². The molecular formula is C36H48O4. The molecule has 4 nitrogen and oxygen atoms in total. The molecule has 0 aromatic carbocycles. The van der Waals surface area contributed by atoms with E-state index < -0.39 is 0 Å². The van der Waals surface area contributed by atoms with E-state index in [0.29, 0.717) is 65.6 Å². The van der Waals surface area contributed by atoms with Gasteiger partial charge in [0.05, 0.1) is 0 Å². The van der Waals surface area contributed by atoms with E-state index >= 15 is 0 Å². The molecule has 0 aromatic heterocycles. The molecule has 0 bridgehead atoms. The average molecular weight is 545 g/mol. The third-order valence-corrected chi connectivity index (χ3v) is 11.0. The van der Waals surface area contributed by atoms with Crippen molar-refractivity contribution in [3.8, 4) is 0 Å². The van der Waals surface area contributed by atoms with Gasteiger partial charge in [0.25, 0.3) is 0 Å². The van der Waals surface area contributed by atoms with Crippen molar-refractivity contribution in [1.82, 2.24) is 0 Å². The van der Waals surface area contributed by atoms with Gasteiger partial charge in [0.15, 0.2) is 5.78 Å². The molecule has 5 atom stereocenters. The van der Waals surface area contributed by atoms with Crippen LogP contribution in [0.4, 0.5) is 0 Å². The Morgan fingerprint density at radius 3 is 1.82 bits per heavy atom. The highest BCUT2D eigenvalue weighted by molar-refractivity contribution is 5.91. The Kier molecular flexibility index (Phi) is 9.53. The zero-order valence-electron chi connectivity index (χ0n) is 24.8. The summed E-state index contributed by atoms with van der Waals surface area (Å²) in [6.07, 6.45) is 22.2. The summed E-state index contributed by atoms with van der Waals surface area (Å²) in [5, 5.41) is 0. The first kappa shape index (κ1) is 29.1. The largest absolute Gasteiger partial charge is 0.299 e. The highest BCUT2D eigenvalue weighted by Gasteiger charge is 2.39. The molecule has 6 aliphatic carbocycles. The maximum absolute atomic E-state index is 11.6. The summed E-state index contributed by atoms with van der Waals surface area (Å²) in [6.45, 7) is 4.56. The van der Waals surface area contributed by atoms with Crippen LogP contribution in [0.5, 0.6) is 0 Å². The highest BCUT2D eigenvalue weighted by atomic mass is 16.1. The standard InChI is InChI=1S/2C18H24O2/c2*1-2-16-17(12-3-6-14(19)7-4-12)9-5-13-11-15(20)8-10-18(13)16/h3,16-17H,2,4-11H2,1H3;3,11,16-18H,2,4-10H2,1H3. The molecule has 4 heteroatoms. The van der Waals surface area contributed by atoms with E-state index in [0.717, 1.165) is 70.6 Å². The molecule has 0 amide bonds. The summed E-state index contributed by atoms with van der Waals surface area (Å²) < 4.78 is 0. The van der Waals surface area contributed by atoms with Gasteiger partial charge >= 0.3 is 0 Å². The Hall–Kier alpha value is -2.36. The molecule has 1 saturated carbocycles. The molecule has 1 fully saturated rings. The van der Waals surface area contributed by atoms with Gasteiger partial charge < -0.3 is 0 Å². The van der Waals surface area contributed by atoms with Crippen LogP contribution in [0.15, 0.2) is 46.1 Å². The number of allylic oxidation sites excluding steroid dienone is 8. The lowest BCUT2D eigenvalue weighted by molar-refractivity contribution is -0.119. The SMILES string of the molecule is CCC1C2=C(CCC1C1=CCC(=O)CC1)CC(=O)CC2.CCC1C2CCC(=O)C=C2CCC1C1=CCC(=O)CC1. The summed E-state index contributed by atoms with van der Waals surface area (Å²) in [6, 6.07) is 0. The van der Waals surface area contributed by atoms with Gasteiger partial charge in [0, 0.05) is 44.9 Å². The minimum Gasteiger partial charge on any atom is -0.299 e. The minimum atomic E-state index is 0.326. The van der Waals surface area contributed by atoms with Crippen LogP contribution in [-0.4, -0.2) is 23.1 Å². The van der Waals surface area contributed by atoms with Crippen LogP contribution in [-0.2, 0) is 19.2 Å². The van der Waals surface area contributed by atoms with Crippen LogP contribution in [0.2, 0.25) is 0 Å². The monoisotopic (exact) mass is 544 g/mol. The van der Waals surface area contributed by atoms with Crippen LogP contribution in [0.25, 0.3) is 0 Å². The van der Waals surface area contributed by atoms with Gasteiger partial charge in [-0.15, -0.1) is 0 Å². The molecule has 0 saturated heterocycles. The summed E-state index contributed by atoms with van der Waals surface area (Å²) in [5.74, 6) is 4.76. The normalized spacial score (nSPS) is 32.8.